The zero-order valence-corrected chi connectivity index (χ0v) is 15.2. The molecule has 3 atom stereocenters. The van der Waals surface area contributed by atoms with Gasteiger partial charge in [-0.1, -0.05) is 19.9 Å². The molecule has 0 amide bonds. The Bertz CT molecular complexity index is 452. The van der Waals surface area contributed by atoms with Gasteiger partial charge in [0.05, 0.1) is 7.11 Å². The average Bonchev–Trinajstić information content (AvgIpc) is 2.50. The molecular weight excluding hydrogens is 298 g/mol. The van der Waals surface area contributed by atoms with E-state index in [0.717, 1.165) is 12.3 Å². The highest BCUT2D eigenvalue weighted by atomic mass is 32.2. The largest absolute Gasteiger partial charge is 0.497 e. The van der Waals surface area contributed by atoms with E-state index in [-0.39, 0.29) is 0 Å². The number of methoxy groups -OCH3 is 1. The van der Waals surface area contributed by atoms with Gasteiger partial charge in [-0.3, -0.25) is 0 Å². The van der Waals surface area contributed by atoms with E-state index in [2.05, 4.69) is 67.8 Å². The first-order chi connectivity index (χ1) is 10.2. The summed E-state index contributed by atoms with van der Waals surface area (Å²) in [5.74, 6) is 3.49. The van der Waals surface area contributed by atoms with Crippen molar-refractivity contribution in [3.8, 4) is 5.75 Å². The zero-order chi connectivity index (χ0) is 15.2. The lowest BCUT2D eigenvalue weighted by Gasteiger charge is -2.36. The van der Waals surface area contributed by atoms with Crippen molar-refractivity contribution in [1.82, 2.24) is 5.32 Å². The third kappa shape index (κ3) is 4.33. The van der Waals surface area contributed by atoms with Gasteiger partial charge < -0.3 is 10.1 Å². The van der Waals surface area contributed by atoms with Gasteiger partial charge in [-0.25, -0.2) is 0 Å². The van der Waals surface area contributed by atoms with Gasteiger partial charge >= 0.3 is 0 Å². The summed E-state index contributed by atoms with van der Waals surface area (Å²) >= 11 is 4.24. The Kier molecular flexibility index (Phi) is 6.77. The minimum absolute atomic E-state index is 0.434. The number of aryl methyl sites for hydroxylation is 1. The zero-order valence-electron chi connectivity index (χ0n) is 13.5. The average molecular weight is 326 g/mol. The highest BCUT2D eigenvalue weighted by molar-refractivity contribution is 8.07. The van der Waals surface area contributed by atoms with Crippen molar-refractivity contribution in [3.63, 3.8) is 0 Å². The molecule has 0 spiro atoms. The maximum atomic E-state index is 5.35. The van der Waals surface area contributed by atoms with Crippen LogP contribution in [0.25, 0.3) is 0 Å². The van der Waals surface area contributed by atoms with E-state index >= 15 is 0 Å². The standard InChI is InChI=1S/C17H27NOS2/c1-5-8-18-16(17-13(3)20-9-10-21-17)15-7-6-14(19-4)11-12(15)2/h6-7,11,13,16-18H,5,8-10H2,1-4H3. The quantitative estimate of drug-likeness (QED) is 0.842. The van der Waals surface area contributed by atoms with E-state index in [4.69, 9.17) is 4.74 Å². The van der Waals surface area contributed by atoms with Gasteiger partial charge in [0.15, 0.2) is 0 Å². The first-order valence-electron chi connectivity index (χ1n) is 7.78. The fourth-order valence-electron chi connectivity index (χ4n) is 2.84. The van der Waals surface area contributed by atoms with Gasteiger partial charge in [0, 0.05) is 28.0 Å². The van der Waals surface area contributed by atoms with Crippen LogP contribution in [0.15, 0.2) is 18.2 Å². The van der Waals surface area contributed by atoms with Crippen LogP contribution in [0.2, 0.25) is 0 Å². The molecule has 4 heteroatoms. The number of nitrogens with one attached hydrogen (secondary N) is 1. The third-order valence-electron chi connectivity index (χ3n) is 3.99. The Morgan fingerprint density at radius 2 is 2.10 bits per heavy atom. The van der Waals surface area contributed by atoms with Crippen molar-refractivity contribution in [2.45, 2.75) is 43.7 Å². The van der Waals surface area contributed by atoms with Crippen molar-refractivity contribution in [2.24, 2.45) is 0 Å². The molecule has 1 N–H and O–H groups in total. The number of hydrogen-bond acceptors (Lipinski definition) is 4. The molecule has 0 aromatic heterocycles. The minimum Gasteiger partial charge on any atom is -0.497 e. The Balaban J connectivity index is 2.26. The second-order valence-corrected chi connectivity index (χ2v) is 8.34. The second-order valence-electron chi connectivity index (χ2n) is 5.57. The second kappa shape index (κ2) is 8.35. The van der Waals surface area contributed by atoms with E-state index in [1.165, 1.54) is 29.1 Å². The molecular formula is C17H27NOS2. The minimum atomic E-state index is 0.434. The van der Waals surface area contributed by atoms with Crippen LogP contribution in [0.3, 0.4) is 0 Å². The first kappa shape index (κ1) is 17.0. The highest BCUT2D eigenvalue weighted by Crippen LogP contribution is 2.39. The summed E-state index contributed by atoms with van der Waals surface area (Å²) in [5.41, 5.74) is 2.75. The van der Waals surface area contributed by atoms with E-state index in [0.29, 0.717) is 16.5 Å². The predicted molar refractivity (Wildman–Crippen MR) is 96.9 cm³/mol. The van der Waals surface area contributed by atoms with E-state index < -0.39 is 0 Å². The number of rotatable bonds is 6. The smallest absolute Gasteiger partial charge is 0.119 e. The third-order valence-corrected chi connectivity index (χ3v) is 7.19. The van der Waals surface area contributed by atoms with Crippen molar-refractivity contribution < 1.29 is 4.74 Å². The van der Waals surface area contributed by atoms with Gasteiger partial charge in [-0.05, 0) is 43.1 Å². The molecule has 1 aromatic carbocycles. The van der Waals surface area contributed by atoms with Crippen LogP contribution in [0.4, 0.5) is 0 Å². The monoisotopic (exact) mass is 325 g/mol. The van der Waals surface area contributed by atoms with Gasteiger partial charge in [0.2, 0.25) is 0 Å². The first-order valence-corrected chi connectivity index (χ1v) is 9.88. The molecule has 1 fully saturated rings. The van der Waals surface area contributed by atoms with Crippen LogP contribution in [0.5, 0.6) is 5.75 Å². The topological polar surface area (TPSA) is 21.3 Å². The number of ether oxygens (including phenoxy) is 1. The fourth-order valence-corrected chi connectivity index (χ4v) is 5.78. The maximum Gasteiger partial charge on any atom is 0.119 e. The van der Waals surface area contributed by atoms with Gasteiger partial charge in [0.1, 0.15) is 5.75 Å². The van der Waals surface area contributed by atoms with Gasteiger partial charge in [-0.15, -0.1) is 0 Å². The molecule has 3 unspecified atom stereocenters. The van der Waals surface area contributed by atoms with E-state index in [9.17, 15) is 0 Å². The summed E-state index contributed by atoms with van der Waals surface area (Å²) in [7, 11) is 1.73. The summed E-state index contributed by atoms with van der Waals surface area (Å²) in [5, 5.41) is 5.12. The Labute approximate surface area is 137 Å². The number of hydrogen-bond donors (Lipinski definition) is 1. The molecule has 1 heterocycles. The fraction of sp³-hybridized carbons (Fsp3) is 0.647. The lowest BCUT2D eigenvalue weighted by molar-refractivity contribution is 0.413. The Morgan fingerprint density at radius 3 is 2.71 bits per heavy atom. The van der Waals surface area contributed by atoms with Crippen LogP contribution >= 0.6 is 23.5 Å². The highest BCUT2D eigenvalue weighted by Gasteiger charge is 2.31. The maximum absolute atomic E-state index is 5.35. The molecule has 2 nitrogen and oxygen atoms in total. The molecule has 2 rings (SSSR count). The Hall–Kier alpha value is -0.320. The molecule has 1 aliphatic rings. The van der Waals surface area contributed by atoms with Crippen molar-refractivity contribution in [3.05, 3.63) is 29.3 Å². The van der Waals surface area contributed by atoms with E-state index in [1.807, 2.05) is 0 Å². The summed E-state index contributed by atoms with van der Waals surface area (Å²) in [4.78, 5) is 0. The van der Waals surface area contributed by atoms with Crippen LogP contribution in [0, 0.1) is 6.92 Å². The lowest BCUT2D eigenvalue weighted by Crippen LogP contribution is -2.38. The van der Waals surface area contributed by atoms with Crippen molar-refractivity contribution >= 4 is 23.5 Å². The van der Waals surface area contributed by atoms with Crippen LogP contribution in [-0.4, -0.2) is 35.7 Å². The molecule has 0 aliphatic carbocycles. The molecule has 1 saturated heterocycles. The van der Waals surface area contributed by atoms with Gasteiger partial charge in [0.25, 0.3) is 0 Å². The predicted octanol–water partition coefficient (Wildman–Crippen LogP) is 4.28. The van der Waals surface area contributed by atoms with Crippen LogP contribution < -0.4 is 10.1 Å². The lowest BCUT2D eigenvalue weighted by atomic mass is 9.96. The molecule has 21 heavy (non-hydrogen) atoms. The molecule has 1 aromatic rings. The summed E-state index contributed by atoms with van der Waals surface area (Å²) in [6.45, 7) is 7.88. The SMILES string of the molecule is CCCNC(c1ccc(OC)cc1C)C1SCCSC1C. The molecule has 0 radical (unpaired) electrons. The summed E-state index contributed by atoms with van der Waals surface area (Å²) in [6.07, 6.45) is 1.17. The van der Waals surface area contributed by atoms with Crippen molar-refractivity contribution in [2.75, 3.05) is 25.2 Å². The normalized spacial score (nSPS) is 23.8. The summed E-state index contributed by atoms with van der Waals surface area (Å²) in [6, 6.07) is 6.92. The molecule has 1 aliphatic heterocycles. The number of benzene rings is 1. The Morgan fingerprint density at radius 1 is 1.33 bits per heavy atom. The van der Waals surface area contributed by atoms with Crippen LogP contribution in [0.1, 0.15) is 37.4 Å². The summed E-state index contributed by atoms with van der Waals surface area (Å²) < 4.78 is 5.35. The van der Waals surface area contributed by atoms with Crippen LogP contribution in [-0.2, 0) is 0 Å². The molecule has 0 bridgehead atoms. The number of thioether (sulfide) groups is 2. The molecule has 118 valence electrons. The van der Waals surface area contributed by atoms with E-state index in [1.54, 1.807) is 7.11 Å². The molecule has 0 saturated carbocycles. The van der Waals surface area contributed by atoms with Gasteiger partial charge in [-0.2, -0.15) is 23.5 Å². The van der Waals surface area contributed by atoms with Crippen molar-refractivity contribution in [1.29, 1.82) is 0 Å².